The molecular formula is C22H28N4O. The van der Waals surface area contributed by atoms with E-state index in [9.17, 15) is 0 Å². The van der Waals surface area contributed by atoms with Gasteiger partial charge in [-0.1, -0.05) is 36.4 Å². The number of hydrogen-bond acceptors (Lipinski definition) is 3. The molecule has 0 saturated carbocycles. The number of methoxy groups -OCH3 is 1. The van der Waals surface area contributed by atoms with Crippen molar-refractivity contribution in [2.45, 2.75) is 20.0 Å². The number of guanidine groups is 1. The second kappa shape index (κ2) is 9.67. The minimum atomic E-state index is 0.641. The summed E-state index contributed by atoms with van der Waals surface area (Å²) in [7, 11) is 1.68. The van der Waals surface area contributed by atoms with Crippen LogP contribution in [0, 0.1) is 0 Å². The van der Waals surface area contributed by atoms with Crippen LogP contribution < -0.4 is 20.3 Å². The Morgan fingerprint density at radius 2 is 1.81 bits per heavy atom. The molecule has 0 spiro atoms. The largest absolute Gasteiger partial charge is 0.497 e. The van der Waals surface area contributed by atoms with Crippen molar-refractivity contribution >= 4 is 11.6 Å². The van der Waals surface area contributed by atoms with E-state index in [1.54, 1.807) is 7.11 Å². The van der Waals surface area contributed by atoms with Crippen molar-refractivity contribution in [2.75, 3.05) is 31.6 Å². The number of ether oxygens (including phenoxy) is 1. The van der Waals surface area contributed by atoms with Crippen LogP contribution in [-0.2, 0) is 13.1 Å². The summed E-state index contributed by atoms with van der Waals surface area (Å²) in [5, 5.41) is 6.70. The Kier molecular flexibility index (Phi) is 6.74. The van der Waals surface area contributed by atoms with Crippen LogP contribution in [0.1, 0.15) is 18.1 Å². The molecule has 3 rings (SSSR count). The van der Waals surface area contributed by atoms with Gasteiger partial charge in [0.2, 0.25) is 0 Å². The lowest BCUT2D eigenvalue weighted by Crippen LogP contribution is -2.36. The maximum absolute atomic E-state index is 5.29. The Bertz CT molecular complexity index is 792. The van der Waals surface area contributed by atoms with Crippen LogP contribution in [0.25, 0.3) is 0 Å². The van der Waals surface area contributed by atoms with Gasteiger partial charge < -0.3 is 20.3 Å². The second-order valence-corrected chi connectivity index (χ2v) is 6.45. The molecule has 1 aliphatic heterocycles. The molecule has 0 amide bonds. The maximum atomic E-state index is 5.29. The third-order valence-corrected chi connectivity index (χ3v) is 4.45. The maximum Gasteiger partial charge on any atom is 0.191 e. The van der Waals surface area contributed by atoms with Crippen LogP contribution in [0.2, 0.25) is 0 Å². The van der Waals surface area contributed by atoms with Crippen molar-refractivity contribution in [3.8, 4) is 5.75 Å². The highest BCUT2D eigenvalue weighted by molar-refractivity contribution is 5.79. The van der Waals surface area contributed by atoms with E-state index in [0.717, 1.165) is 36.9 Å². The molecule has 27 heavy (non-hydrogen) atoms. The molecule has 5 nitrogen and oxygen atoms in total. The molecule has 0 bridgehead atoms. The van der Waals surface area contributed by atoms with Crippen LogP contribution >= 0.6 is 0 Å². The van der Waals surface area contributed by atoms with Crippen molar-refractivity contribution in [3.05, 3.63) is 71.8 Å². The number of nitrogens with one attached hydrogen (secondary N) is 2. The monoisotopic (exact) mass is 364 g/mol. The van der Waals surface area contributed by atoms with E-state index in [2.05, 4.69) is 64.9 Å². The summed E-state index contributed by atoms with van der Waals surface area (Å²) in [5.41, 5.74) is 3.61. The van der Waals surface area contributed by atoms with Crippen molar-refractivity contribution in [3.63, 3.8) is 0 Å². The van der Waals surface area contributed by atoms with Crippen molar-refractivity contribution in [1.82, 2.24) is 10.6 Å². The molecule has 1 heterocycles. The fraction of sp³-hybridized carbons (Fsp3) is 0.318. The van der Waals surface area contributed by atoms with Gasteiger partial charge in [0, 0.05) is 31.9 Å². The standard InChI is InChI=1S/C22H28N4O/c1-3-23-22(25-17-19-9-7-11-21(15-19)27-2)24-16-18-8-6-10-20(14-18)26-12-4-5-13-26/h4-11,14-15H,3,12-13,16-17H2,1-2H3,(H2,23,24,25). The first-order valence-corrected chi connectivity index (χ1v) is 9.42. The van der Waals surface area contributed by atoms with Crippen molar-refractivity contribution < 1.29 is 4.74 Å². The summed E-state index contributed by atoms with van der Waals surface area (Å²) >= 11 is 0. The smallest absolute Gasteiger partial charge is 0.191 e. The number of aliphatic imine (C=N–C) groups is 1. The van der Waals surface area contributed by atoms with Crippen LogP contribution in [0.3, 0.4) is 0 Å². The zero-order chi connectivity index (χ0) is 18.9. The zero-order valence-electron chi connectivity index (χ0n) is 16.1. The van der Waals surface area contributed by atoms with Gasteiger partial charge in [-0.05, 0) is 42.3 Å². The lowest BCUT2D eigenvalue weighted by atomic mass is 10.2. The molecule has 0 atom stereocenters. The first-order chi connectivity index (χ1) is 13.3. The molecule has 0 radical (unpaired) electrons. The van der Waals surface area contributed by atoms with Gasteiger partial charge in [0.25, 0.3) is 0 Å². The third-order valence-electron chi connectivity index (χ3n) is 4.45. The normalized spacial score (nSPS) is 13.7. The SMILES string of the molecule is CCNC(=NCc1cccc(N2CC=CC2)c1)NCc1cccc(OC)c1. The Hall–Kier alpha value is -2.95. The lowest BCUT2D eigenvalue weighted by molar-refractivity contribution is 0.414. The Labute approximate surface area is 161 Å². The highest BCUT2D eigenvalue weighted by atomic mass is 16.5. The Balaban J connectivity index is 1.62. The van der Waals surface area contributed by atoms with Crippen LogP contribution in [-0.4, -0.2) is 32.7 Å². The summed E-state index contributed by atoms with van der Waals surface area (Å²) < 4.78 is 5.29. The van der Waals surface area contributed by atoms with Crippen LogP contribution in [0.15, 0.2) is 65.7 Å². The molecule has 0 aliphatic carbocycles. The van der Waals surface area contributed by atoms with E-state index in [1.807, 2.05) is 18.2 Å². The fourth-order valence-electron chi connectivity index (χ4n) is 3.02. The summed E-state index contributed by atoms with van der Waals surface area (Å²) in [6, 6.07) is 16.7. The first kappa shape index (κ1) is 18.8. The molecule has 0 aromatic heterocycles. The minimum Gasteiger partial charge on any atom is -0.497 e. The van der Waals surface area contributed by atoms with E-state index < -0.39 is 0 Å². The van der Waals surface area contributed by atoms with E-state index in [0.29, 0.717) is 13.1 Å². The molecule has 0 unspecified atom stereocenters. The average Bonchev–Trinajstić information content (AvgIpc) is 3.25. The van der Waals surface area contributed by atoms with Crippen molar-refractivity contribution in [1.29, 1.82) is 0 Å². The average molecular weight is 364 g/mol. The molecule has 2 aromatic carbocycles. The quantitative estimate of drug-likeness (QED) is 0.449. The number of rotatable bonds is 7. The summed E-state index contributed by atoms with van der Waals surface area (Å²) in [5.74, 6) is 1.68. The predicted molar refractivity (Wildman–Crippen MR) is 112 cm³/mol. The van der Waals surface area contributed by atoms with Crippen LogP contribution in [0.4, 0.5) is 5.69 Å². The molecule has 5 heteroatoms. The molecule has 0 fully saturated rings. The lowest BCUT2D eigenvalue weighted by Gasteiger charge is -2.18. The van der Waals surface area contributed by atoms with Crippen molar-refractivity contribution in [2.24, 2.45) is 4.99 Å². The molecule has 0 saturated heterocycles. The highest BCUT2D eigenvalue weighted by Gasteiger charge is 2.08. The number of benzene rings is 2. The summed E-state index contributed by atoms with van der Waals surface area (Å²) in [4.78, 5) is 7.08. The van der Waals surface area contributed by atoms with Crippen LogP contribution in [0.5, 0.6) is 5.75 Å². The molecular weight excluding hydrogens is 336 g/mol. The van der Waals surface area contributed by atoms with Gasteiger partial charge in [0.05, 0.1) is 13.7 Å². The topological polar surface area (TPSA) is 48.9 Å². The van der Waals surface area contributed by atoms with Gasteiger partial charge in [0.1, 0.15) is 5.75 Å². The third kappa shape index (κ3) is 5.51. The van der Waals surface area contributed by atoms with E-state index >= 15 is 0 Å². The number of nitrogens with zero attached hydrogens (tertiary/aromatic N) is 2. The number of hydrogen-bond donors (Lipinski definition) is 2. The van der Waals surface area contributed by atoms with Gasteiger partial charge in [-0.25, -0.2) is 4.99 Å². The predicted octanol–water partition coefficient (Wildman–Crippen LogP) is 3.33. The second-order valence-electron chi connectivity index (χ2n) is 6.45. The zero-order valence-corrected chi connectivity index (χ0v) is 16.1. The molecule has 142 valence electrons. The summed E-state index contributed by atoms with van der Waals surface area (Å²) in [6.45, 7) is 6.20. The number of anilines is 1. The van der Waals surface area contributed by atoms with E-state index in [1.165, 1.54) is 11.3 Å². The van der Waals surface area contributed by atoms with Gasteiger partial charge in [0.15, 0.2) is 5.96 Å². The molecule has 2 N–H and O–H groups in total. The summed E-state index contributed by atoms with van der Waals surface area (Å²) in [6.07, 6.45) is 4.41. The fourth-order valence-corrected chi connectivity index (χ4v) is 3.02. The Morgan fingerprint density at radius 1 is 1.04 bits per heavy atom. The minimum absolute atomic E-state index is 0.641. The highest BCUT2D eigenvalue weighted by Crippen LogP contribution is 2.19. The van der Waals surface area contributed by atoms with E-state index in [-0.39, 0.29) is 0 Å². The van der Waals surface area contributed by atoms with E-state index in [4.69, 9.17) is 9.73 Å². The first-order valence-electron chi connectivity index (χ1n) is 9.42. The molecule has 2 aromatic rings. The van der Waals surface area contributed by atoms with Gasteiger partial charge in [-0.15, -0.1) is 0 Å². The van der Waals surface area contributed by atoms with Gasteiger partial charge in [-0.2, -0.15) is 0 Å². The van der Waals surface area contributed by atoms with Gasteiger partial charge >= 0.3 is 0 Å². The Morgan fingerprint density at radius 3 is 2.59 bits per heavy atom. The van der Waals surface area contributed by atoms with Gasteiger partial charge in [-0.3, -0.25) is 0 Å². The molecule has 1 aliphatic rings.